The molecule has 0 saturated carbocycles. The summed E-state index contributed by atoms with van der Waals surface area (Å²) in [5.74, 6) is 4.51. The highest BCUT2D eigenvalue weighted by molar-refractivity contribution is 6.03. The van der Waals surface area contributed by atoms with Crippen molar-refractivity contribution in [3.63, 3.8) is 0 Å². The van der Waals surface area contributed by atoms with E-state index in [-0.39, 0.29) is 11.3 Å². The van der Waals surface area contributed by atoms with Crippen molar-refractivity contribution in [1.82, 2.24) is 5.43 Å². The van der Waals surface area contributed by atoms with Crippen molar-refractivity contribution in [3.05, 3.63) is 54.1 Å². The Bertz CT molecular complexity index is 538. The summed E-state index contributed by atoms with van der Waals surface area (Å²) in [5, 5.41) is 9.74. The van der Waals surface area contributed by atoms with E-state index in [4.69, 9.17) is 5.84 Å². The number of phenolic OH excluding ortho intramolecular Hbond substituents is 1. The molecule has 2 rings (SSSR count). The van der Waals surface area contributed by atoms with Crippen LogP contribution in [-0.4, -0.2) is 11.0 Å². The van der Waals surface area contributed by atoms with Crippen molar-refractivity contribution >= 4 is 5.91 Å². The summed E-state index contributed by atoms with van der Waals surface area (Å²) >= 11 is 0. The molecule has 86 valence electrons. The zero-order valence-electron chi connectivity index (χ0n) is 9.05. The minimum Gasteiger partial charge on any atom is -0.507 e. The molecule has 0 radical (unpaired) electrons. The van der Waals surface area contributed by atoms with Gasteiger partial charge in [0.15, 0.2) is 0 Å². The van der Waals surface area contributed by atoms with Crippen LogP contribution in [0.15, 0.2) is 48.5 Å². The molecule has 4 heteroatoms. The third-order valence-corrected chi connectivity index (χ3v) is 2.49. The number of carbonyl (C=O) groups is 1. The van der Waals surface area contributed by atoms with Crippen LogP contribution in [0, 0.1) is 0 Å². The Hall–Kier alpha value is -2.33. The predicted molar refractivity (Wildman–Crippen MR) is 65.2 cm³/mol. The molecule has 0 unspecified atom stereocenters. The van der Waals surface area contributed by atoms with Gasteiger partial charge in [0.25, 0.3) is 5.91 Å². The molecule has 4 nitrogen and oxygen atoms in total. The minimum atomic E-state index is -0.512. The Kier molecular flexibility index (Phi) is 3.07. The van der Waals surface area contributed by atoms with Crippen LogP contribution >= 0.6 is 0 Å². The van der Waals surface area contributed by atoms with Gasteiger partial charge >= 0.3 is 0 Å². The maximum absolute atomic E-state index is 11.6. The van der Waals surface area contributed by atoms with E-state index < -0.39 is 5.91 Å². The standard InChI is InChI=1S/C13H12N2O2/c14-15-13(17)12-10(7-4-8-11(12)16)9-5-2-1-3-6-9/h1-8,16H,14H2,(H,15,17). The second kappa shape index (κ2) is 4.67. The molecule has 0 spiro atoms. The highest BCUT2D eigenvalue weighted by Gasteiger charge is 2.15. The summed E-state index contributed by atoms with van der Waals surface area (Å²) in [4.78, 5) is 11.6. The number of phenols is 1. The van der Waals surface area contributed by atoms with E-state index in [0.717, 1.165) is 5.56 Å². The van der Waals surface area contributed by atoms with Crippen LogP contribution in [0.3, 0.4) is 0 Å². The monoisotopic (exact) mass is 228 g/mol. The number of nitrogens with two attached hydrogens (primary N) is 1. The number of rotatable bonds is 2. The van der Waals surface area contributed by atoms with Gasteiger partial charge in [0.2, 0.25) is 0 Å². The Morgan fingerprint density at radius 2 is 1.76 bits per heavy atom. The van der Waals surface area contributed by atoms with Crippen LogP contribution in [0.5, 0.6) is 5.75 Å². The van der Waals surface area contributed by atoms with E-state index >= 15 is 0 Å². The van der Waals surface area contributed by atoms with Gasteiger partial charge in [-0.15, -0.1) is 0 Å². The fourth-order valence-electron chi connectivity index (χ4n) is 1.71. The molecular formula is C13H12N2O2. The normalized spacial score (nSPS) is 9.94. The lowest BCUT2D eigenvalue weighted by Gasteiger charge is -2.10. The number of benzene rings is 2. The van der Waals surface area contributed by atoms with Crippen molar-refractivity contribution in [1.29, 1.82) is 0 Å². The topological polar surface area (TPSA) is 75.3 Å². The summed E-state index contributed by atoms with van der Waals surface area (Å²) in [7, 11) is 0. The lowest BCUT2D eigenvalue weighted by molar-refractivity contribution is 0.0951. The van der Waals surface area contributed by atoms with E-state index in [9.17, 15) is 9.90 Å². The first-order chi connectivity index (χ1) is 8.24. The summed E-state index contributed by atoms with van der Waals surface area (Å²) in [6.45, 7) is 0. The largest absolute Gasteiger partial charge is 0.507 e. The molecule has 0 saturated heterocycles. The molecule has 0 aliphatic heterocycles. The van der Waals surface area contributed by atoms with Crippen molar-refractivity contribution in [3.8, 4) is 16.9 Å². The molecule has 0 fully saturated rings. The van der Waals surface area contributed by atoms with Gasteiger partial charge in [0.05, 0.1) is 5.56 Å². The minimum absolute atomic E-state index is 0.0886. The summed E-state index contributed by atoms with van der Waals surface area (Å²) in [6.07, 6.45) is 0. The molecule has 17 heavy (non-hydrogen) atoms. The van der Waals surface area contributed by atoms with Gasteiger partial charge in [-0.05, 0) is 17.2 Å². The Labute approximate surface area is 98.7 Å². The zero-order valence-corrected chi connectivity index (χ0v) is 9.05. The van der Waals surface area contributed by atoms with Gasteiger partial charge < -0.3 is 5.11 Å². The van der Waals surface area contributed by atoms with Crippen molar-refractivity contribution in [2.75, 3.05) is 0 Å². The third-order valence-electron chi connectivity index (χ3n) is 2.49. The maximum Gasteiger partial charge on any atom is 0.269 e. The van der Waals surface area contributed by atoms with Gasteiger partial charge in [-0.25, -0.2) is 5.84 Å². The van der Waals surface area contributed by atoms with Crippen LogP contribution in [0.2, 0.25) is 0 Å². The molecule has 0 aromatic heterocycles. The first-order valence-corrected chi connectivity index (χ1v) is 5.12. The smallest absolute Gasteiger partial charge is 0.269 e. The van der Waals surface area contributed by atoms with E-state index in [0.29, 0.717) is 5.56 Å². The Morgan fingerprint density at radius 1 is 1.06 bits per heavy atom. The van der Waals surface area contributed by atoms with E-state index in [1.807, 2.05) is 35.8 Å². The quantitative estimate of drug-likeness (QED) is 0.415. The SMILES string of the molecule is NNC(=O)c1c(O)cccc1-c1ccccc1. The number of hydrazine groups is 1. The van der Waals surface area contributed by atoms with Gasteiger partial charge in [-0.2, -0.15) is 0 Å². The predicted octanol–water partition coefficient (Wildman–Crippen LogP) is 1.66. The van der Waals surface area contributed by atoms with Gasteiger partial charge in [0, 0.05) is 0 Å². The Balaban J connectivity index is 2.62. The summed E-state index contributed by atoms with van der Waals surface area (Å²) in [6, 6.07) is 14.2. The van der Waals surface area contributed by atoms with Crippen LogP contribution in [0.25, 0.3) is 11.1 Å². The number of hydrogen-bond donors (Lipinski definition) is 3. The second-order valence-corrected chi connectivity index (χ2v) is 3.54. The van der Waals surface area contributed by atoms with Gasteiger partial charge in [0.1, 0.15) is 5.75 Å². The van der Waals surface area contributed by atoms with Crippen molar-refractivity contribution in [2.24, 2.45) is 5.84 Å². The number of aromatic hydroxyl groups is 1. The molecular weight excluding hydrogens is 216 g/mol. The third kappa shape index (κ3) is 2.11. The first kappa shape index (κ1) is 11.2. The number of amides is 1. The van der Waals surface area contributed by atoms with E-state index in [1.54, 1.807) is 12.1 Å². The number of nitrogens with one attached hydrogen (secondary N) is 1. The Morgan fingerprint density at radius 3 is 2.41 bits per heavy atom. The number of carbonyl (C=O) groups excluding carboxylic acids is 1. The van der Waals surface area contributed by atoms with Crippen molar-refractivity contribution < 1.29 is 9.90 Å². The van der Waals surface area contributed by atoms with Gasteiger partial charge in [-0.1, -0.05) is 42.5 Å². The molecule has 0 heterocycles. The highest BCUT2D eigenvalue weighted by atomic mass is 16.3. The second-order valence-electron chi connectivity index (χ2n) is 3.54. The van der Waals surface area contributed by atoms with E-state index in [2.05, 4.69) is 0 Å². The molecule has 2 aromatic carbocycles. The molecule has 0 aliphatic carbocycles. The average molecular weight is 228 g/mol. The molecule has 4 N–H and O–H groups in total. The maximum atomic E-state index is 11.6. The molecule has 0 aliphatic rings. The van der Waals surface area contributed by atoms with Crippen LogP contribution in [0.4, 0.5) is 0 Å². The van der Waals surface area contributed by atoms with Gasteiger partial charge in [-0.3, -0.25) is 10.2 Å². The number of hydrogen-bond acceptors (Lipinski definition) is 3. The fraction of sp³-hybridized carbons (Fsp3) is 0. The molecule has 1 amide bonds. The van der Waals surface area contributed by atoms with Crippen LogP contribution < -0.4 is 11.3 Å². The fourth-order valence-corrected chi connectivity index (χ4v) is 1.71. The highest BCUT2D eigenvalue weighted by Crippen LogP contribution is 2.29. The van der Waals surface area contributed by atoms with E-state index in [1.165, 1.54) is 6.07 Å². The molecule has 0 atom stereocenters. The number of nitrogen functional groups attached to an aromatic ring is 1. The molecule has 0 bridgehead atoms. The zero-order chi connectivity index (χ0) is 12.3. The average Bonchev–Trinajstić information content (AvgIpc) is 2.38. The summed E-state index contributed by atoms with van der Waals surface area (Å²) < 4.78 is 0. The lowest BCUT2D eigenvalue weighted by atomic mass is 9.98. The van der Waals surface area contributed by atoms with Crippen LogP contribution in [0.1, 0.15) is 10.4 Å². The molecule has 2 aromatic rings. The van der Waals surface area contributed by atoms with Crippen LogP contribution in [-0.2, 0) is 0 Å². The van der Waals surface area contributed by atoms with Crippen molar-refractivity contribution in [2.45, 2.75) is 0 Å². The first-order valence-electron chi connectivity index (χ1n) is 5.12. The summed E-state index contributed by atoms with van der Waals surface area (Å²) in [5.41, 5.74) is 3.71. The lowest BCUT2D eigenvalue weighted by Crippen LogP contribution is -2.30.